The Bertz CT molecular complexity index is 1420. The van der Waals surface area contributed by atoms with Crippen molar-refractivity contribution in [3.8, 4) is 22.6 Å². The predicted molar refractivity (Wildman–Crippen MR) is 131 cm³/mol. The van der Waals surface area contributed by atoms with Gasteiger partial charge in [-0.1, -0.05) is 42.5 Å². The van der Waals surface area contributed by atoms with Crippen molar-refractivity contribution in [3.63, 3.8) is 0 Å². The summed E-state index contributed by atoms with van der Waals surface area (Å²) in [6.45, 7) is -0.00352. The van der Waals surface area contributed by atoms with E-state index in [0.717, 1.165) is 16.7 Å². The summed E-state index contributed by atoms with van der Waals surface area (Å²) < 4.78 is 10.8. The fraction of sp³-hybridized carbons (Fsp3) is 0.148. The Morgan fingerprint density at radius 1 is 1.06 bits per heavy atom. The van der Waals surface area contributed by atoms with Crippen molar-refractivity contribution < 1.29 is 23.8 Å². The van der Waals surface area contributed by atoms with Crippen molar-refractivity contribution in [2.45, 2.75) is 0 Å². The van der Waals surface area contributed by atoms with Crippen LogP contribution in [0.2, 0.25) is 0 Å². The van der Waals surface area contributed by atoms with Crippen LogP contribution in [0.4, 0.5) is 5.69 Å². The highest BCUT2D eigenvalue weighted by molar-refractivity contribution is 6.08. The normalized spacial score (nSPS) is 13.5. The monoisotopic (exact) mass is 469 g/mol. The van der Waals surface area contributed by atoms with E-state index in [1.54, 1.807) is 18.2 Å². The Kier molecular flexibility index (Phi) is 6.03. The van der Waals surface area contributed by atoms with Crippen LogP contribution in [0, 0.1) is 0 Å². The molecule has 8 nitrogen and oxygen atoms in total. The average Bonchev–Trinajstić information content (AvgIpc) is 3.46. The number of carbonyl (C=O) groups is 2. The molecular weight excluding hydrogens is 446 g/mol. The van der Waals surface area contributed by atoms with Crippen molar-refractivity contribution in [1.29, 1.82) is 0 Å². The Labute approximate surface area is 201 Å². The Morgan fingerprint density at radius 2 is 1.77 bits per heavy atom. The van der Waals surface area contributed by atoms with Crippen LogP contribution in [-0.4, -0.2) is 53.7 Å². The second-order valence-electron chi connectivity index (χ2n) is 8.07. The highest BCUT2D eigenvalue weighted by Gasteiger charge is 2.34. The molecule has 0 aliphatic carbocycles. The summed E-state index contributed by atoms with van der Waals surface area (Å²) >= 11 is 0. The molecule has 1 amide bonds. The SMILES string of the molecule is COC(=O)C1=C(Nc2ccc3oc(-c4ccc(-c5ccccc5)cc4)nc3c2)C(=O)N(CCO)C1. The summed E-state index contributed by atoms with van der Waals surface area (Å²) in [6, 6.07) is 23.4. The standard InChI is InChI=1S/C27H23N3O5/c1-34-27(33)21-16-30(13-14-31)26(32)24(21)28-20-11-12-23-22(15-20)29-25(35-23)19-9-7-18(8-10-19)17-5-3-2-4-6-17/h2-12,15,28,31H,13-14,16H2,1H3. The second kappa shape index (κ2) is 9.44. The first-order valence-electron chi connectivity index (χ1n) is 11.1. The minimum atomic E-state index is -0.593. The van der Waals surface area contributed by atoms with Crippen LogP contribution in [0.1, 0.15) is 0 Å². The molecule has 1 aromatic heterocycles. The average molecular weight is 469 g/mol. The molecule has 35 heavy (non-hydrogen) atoms. The molecule has 4 aromatic rings. The summed E-state index contributed by atoms with van der Waals surface area (Å²) in [5, 5.41) is 12.3. The van der Waals surface area contributed by atoms with Crippen LogP contribution >= 0.6 is 0 Å². The Hall–Kier alpha value is -4.43. The van der Waals surface area contributed by atoms with Crippen molar-refractivity contribution in [1.82, 2.24) is 9.88 Å². The van der Waals surface area contributed by atoms with Crippen LogP contribution in [0.5, 0.6) is 0 Å². The summed E-state index contributed by atoms with van der Waals surface area (Å²) in [6.07, 6.45) is 0. The number of ether oxygens (including phenoxy) is 1. The number of nitrogens with one attached hydrogen (secondary N) is 1. The third kappa shape index (κ3) is 4.39. The molecule has 8 heteroatoms. The number of carbonyl (C=O) groups excluding carboxylic acids is 2. The lowest BCUT2D eigenvalue weighted by molar-refractivity contribution is -0.136. The van der Waals surface area contributed by atoms with Gasteiger partial charge in [0.15, 0.2) is 5.58 Å². The number of aromatic nitrogens is 1. The van der Waals surface area contributed by atoms with Gasteiger partial charge in [-0.3, -0.25) is 4.79 Å². The number of nitrogens with zero attached hydrogens (tertiary/aromatic N) is 2. The maximum atomic E-state index is 12.8. The lowest BCUT2D eigenvalue weighted by atomic mass is 10.0. The zero-order valence-electron chi connectivity index (χ0n) is 19.0. The van der Waals surface area contributed by atoms with E-state index in [4.69, 9.17) is 9.15 Å². The van der Waals surface area contributed by atoms with Crippen molar-refractivity contribution >= 4 is 28.7 Å². The number of benzene rings is 3. The Balaban J connectivity index is 1.41. The number of esters is 1. The molecule has 0 atom stereocenters. The van der Waals surface area contributed by atoms with Gasteiger partial charge >= 0.3 is 5.97 Å². The van der Waals surface area contributed by atoms with Crippen molar-refractivity contribution in [2.24, 2.45) is 0 Å². The lowest BCUT2D eigenvalue weighted by Gasteiger charge is -2.14. The molecule has 176 valence electrons. The second-order valence-corrected chi connectivity index (χ2v) is 8.07. The van der Waals surface area contributed by atoms with Gasteiger partial charge in [0.1, 0.15) is 11.2 Å². The van der Waals surface area contributed by atoms with E-state index in [9.17, 15) is 14.7 Å². The van der Waals surface area contributed by atoms with Gasteiger partial charge in [-0.05, 0) is 41.5 Å². The van der Waals surface area contributed by atoms with Gasteiger partial charge in [0.05, 0.1) is 25.8 Å². The van der Waals surface area contributed by atoms with Crippen LogP contribution in [-0.2, 0) is 14.3 Å². The van der Waals surface area contributed by atoms with Crippen LogP contribution in [0.25, 0.3) is 33.7 Å². The number of aliphatic hydroxyl groups excluding tert-OH is 1. The summed E-state index contributed by atoms with van der Waals surface area (Å²) in [5.74, 6) is -0.485. The number of oxazole rings is 1. The molecule has 1 aliphatic heterocycles. The molecule has 0 bridgehead atoms. The summed E-state index contributed by atoms with van der Waals surface area (Å²) in [7, 11) is 1.27. The van der Waals surface area contributed by atoms with E-state index in [1.807, 2.05) is 42.5 Å². The zero-order chi connectivity index (χ0) is 24.4. The molecule has 2 heterocycles. The number of fused-ring (bicyclic) bond motifs is 1. The molecule has 0 saturated carbocycles. The smallest absolute Gasteiger partial charge is 0.337 e. The number of hydrogen-bond donors (Lipinski definition) is 2. The third-order valence-electron chi connectivity index (χ3n) is 5.85. The fourth-order valence-electron chi connectivity index (χ4n) is 4.06. The predicted octanol–water partition coefficient (Wildman–Crippen LogP) is 3.84. The third-order valence-corrected chi connectivity index (χ3v) is 5.85. The van der Waals surface area contributed by atoms with Crippen LogP contribution < -0.4 is 5.32 Å². The first kappa shape index (κ1) is 22.4. The van der Waals surface area contributed by atoms with Crippen LogP contribution in [0.15, 0.2) is 88.5 Å². The van der Waals surface area contributed by atoms with Crippen molar-refractivity contribution in [2.75, 3.05) is 32.1 Å². The molecule has 2 N–H and O–H groups in total. The molecule has 0 spiro atoms. The largest absolute Gasteiger partial charge is 0.466 e. The topological polar surface area (TPSA) is 105 Å². The number of rotatable bonds is 7. The number of anilines is 1. The van der Waals surface area contributed by atoms with Crippen LogP contribution in [0.3, 0.4) is 0 Å². The molecule has 3 aromatic carbocycles. The maximum Gasteiger partial charge on any atom is 0.337 e. The minimum absolute atomic E-state index is 0.0731. The molecule has 0 fully saturated rings. The first-order chi connectivity index (χ1) is 17.1. The lowest BCUT2D eigenvalue weighted by Crippen LogP contribution is -2.31. The molecule has 0 unspecified atom stereocenters. The van der Waals surface area contributed by atoms with E-state index in [-0.39, 0.29) is 36.9 Å². The first-order valence-corrected chi connectivity index (χ1v) is 11.1. The number of amides is 1. The minimum Gasteiger partial charge on any atom is -0.466 e. The van der Waals surface area contributed by atoms with Gasteiger partial charge in [-0.15, -0.1) is 0 Å². The van der Waals surface area contributed by atoms with E-state index in [1.165, 1.54) is 12.0 Å². The molecular formula is C27H23N3O5. The molecule has 0 saturated heterocycles. The molecule has 1 aliphatic rings. The highest BCUT2D eigenvalue weighted by Crippen LogP contribution is 2.30. The number of aliphatic hydroxyl groups is 1. The molecule has 0 radical (unpaired) electrons. The van der Waals surface area contributed by atoms with E-state index in [0.29, 0.717) is 22.7 Å². The van der Waals surface area contributed by atoms with Gasteiger partial charge in [-0.25, -0.2) is 9.78 Å². The summed E-state index contributed by atoms with van der Waals surface area (Å²) in [5.41, 5.74) is 5.20. The van der Waals surface area contributed by atoms with Gasteiger partial charge < -0.3 is 24.5 Å². The Morgan fingerprint density at radius 3 is 2.49 bits per heavy atom. The zero-order valence-corrected chi connectivity index (χ0v) is 19.0. The fourth-order valence-corrected chi connectivity index (χ4v) is 4.06. The molecule has 5 rings (SSSR count). The van der Waals surface area contributed by atoms with Gasteiger partial charge in [0, 0.05) is 17.8 Å². The van der Waals surface area contributed by atoms with Gasteiger partial charge in [-0.2, -0.15) is 0 Å². The maximum absolute atomic E-state index is 12.8. The van der Waals surface area contributed by atoms with Gasteiger partial charge in [0.2, 0.25) is 5.89 Å². The van der Waals surface area contributed by atoms with E-state index < -0.39 is 5.97 Å². The van der Waals surface area contributed by atoms with Gasteiger partial charge in [0.25, 0.3) is 5.91 Å². The number of hydrogen-bond acceptors (Lipinski definition) is 7. The van der Waals surface area contributed by atoms with E-state index in [2.05, 4.69) is 22.4 Å². The van der Waals surface area contributed by atoms with Crippen molar-refractivity contribution in [3.05, 3.63) is 84.1 Å². The number of β-amino-alcohol motifs (C(OH)–C–C–N with tert-alkyl or cyclic N) is 1. The van der Waals surface area contributed by atoms with E-state index >= 15 is 0 Å². The highest BCUT2D eigenvalue weighted by atomic mass is 16.5. The number of methoxy groups -OCH3 is 1. The summed E-state index contributed by atoms with van der Waals surface area (Å²) in [4.78, 5) is 31.0. The quantitative estimate of drug-likeness (QED) is 0.396.